The van der Waals surface area contributed by atoms with E-state index in [1.165, 1.54) is 17.0 Å². The number of nitrogens with zero attached hydrogens (tertiary/aromatic N) is 1. The van der Waals surface area contributed by atoms with Gasteiger partial charge in [0.1, 0.15) is 12.4 Å². The molecule has 0 aliphatic rings. The van der Waals surface area contributed by atoms with Crippen LogP contribution in [-0.4, -0.2) is 18.2 Å². The van der Waals surface area contributed by atoms with Crippen molar-refractivity contribution in [2.24, 2.45) is 0 Å². The smallest absolute Gasteiger partial charge is 0.414 e. The van der Waals surface area contributed by atoms with E-state index in [1.54, 1.807) is 19.2 Å². The Kier molecular flexibility index (Phi) is 4.03. The van der Waals surface area contributed by atoms with Crippen LogP contribution in [0.25, 0.3) is 0 Å². The average molecular weight is 257 g/mol. The first-order valence-electron chi connectivity index (χ1n) is 5.90. The van der Waals surface area contributed by atoms with Gasteiger partial charge in [0.15, 0.2) is 0 Å². The zero-order valence-electron chi connectivity index (χ0n) is 10.6. The van der Waals surface area contributed by atoms with E-state index in [1.807, 2.05) is 30.3 Å². The summed E-state index contributed by atoms with van der Waals surface area (Å²) in [5.41, 5.74) is 1.60. The SMILES string of the molecule is CN(C(=O)OCc1ccccc1)c1ccc(O)cc1. The Hall–Kier alpha value is -2.49. The van der Waals surface area contributed by atoms with Crippen LogP contribution in [0.4, 0.5) is 10.5 Å². The number of carbonyl (C=O) groups excluding carboxylic acids is 1. The highest BCUT2D eigenvalue weighted by molar-refractivity contribution is 5.86. The fraction of sp³-hybridized carbons (Fsp3) is 0.133. The third kappa shape index (κ3) is 3.48. The van der Waals surface area contributed by atoms with Gasteiger partial charge < -0.3 is 9.84 Å². The molecule has 0 radical (unpaired) electrons. The molecule has 98 valence electrons. The molecule has 0 spiro atoms. The van der Waals surface area contributed by atoms with Gasteiger partial charge in [0, 0.05) is 12.7 Å². The second-order valence-electron chi connectivity index (χ2n) is 4.12. The monoisotopic (exact) mass is 257 g/mol. The van der Waals surface area contributed by atoms with Crippen LogP contribution in [0, 0.1) is 0 Å². The molecule has 2 rings (SSSR count). The fourth-order valence-corrected chi connectivity index (χ4v) is 1.60. The van der Waals surface area contributed by atoms with Crippen LogP contribution in [0.3, 0.4) is 0 Å². The maximum atomic E-state index is 11.8. The van der Waals surface area contributed by atoms with Gasteiger partial charge in [-0.15, -0.1) is 0 Å². The number of benzene rings is 2. The predicted octanol–water partition coefficient (Wildman–Crippen LogP) is 3.17. The fourth-order valence-electron chi connectivity index (χ4n) is 1.60. The topological polar surface area (TPSA) is 49.8 Å². The Bertz CT molecular complexity index is 537. The van der Waals surface area contributed by atoms with Crippen LogP contribution in [-0.2, 0) is 11.3 Å². The summed E-state index contributed by atoms with van der Waals surface area (Å²) in [5.74, 6) is 0.162. The molecule has 0 atom stereocenters. The molecule has 1 amide bonds. The first-order valence-corrected chi connectivity index (χ1v) is 5.90. The molecule has 0 saturated carbocycles. The van der Waals surface area contributed by atoms with Crippen molar-refractivity contribution in [3.05, 3.63) is 60.2 Å². The molecule has 0 saturated heterocycles. The molecule has 0 bridgehead atoms. The van der Waals surface area contributed by atoms with E-state index in [9.17, 15) is 9.90 Å². The highest BCUT2D eigenvalue weighted by Crippen LogP contribution is 2.18. The number of rotatable bonds is 3. The van der Waals surface area contributed by atoms with E-state index in [-0.39, 0.29) is 12.4 Å². The summed E-state index contributed by atoms with van der Waals surface area (Å²) in [7, 11) is 1.62. The molecule has 0 fully saturated rings. The van der Waals surface area contributed by atoms with Gasteiger partial charge in [-0.05, 0) is 29.8 Å². The molecule has 0 aliphatic heterocycles. The summed E-state index contributed by atoms with van der Waals surface area (Å²) >= 11 is 0. The number of phenolic OH excluding ortho intramolecular Hbond substituents is 1. The van der Waals surface area contributed by atoms with Gasteiger partial charge in [0.2, 0.25) is 0 Å². The zero-order valence-corrected chi connectivity index (χ0v) is 10.6. The largest absolute Gasteiger partial charge is 0.508 e. The molecular formula is C15H15NO3. The Morgan fingerprint density at radius 1 is 1.11 bits per heavy atom. The van der Waals surface area contributed by atoms with E-state index in [2.05, 4.69) is 0 Å². The number of anilines is 1. The van der Waals surface area contributed by atoms with Crippen molar-refractivity contribution in [3.8, 4) is 5.75 Å². The number of hydrogen-bond acceptors (Lipinski definition) is 3. The van der Waals surface area contributed by atoms with E-state index < -0.39 is 6.09 Å². The van der Waals surface area contributed by atoms with E-state index in [4.69, 9.17) is 4.74 Å². The zero-order chi connectivity index (χ0) is 13.7. The van der Waals surface area contributed by atoms with Gasteiger partial charge in [-0.3, -0.25) is 4.90 Å². The molecule has 2 aromatic carbocycles. The third-order valence-corrected chi connectivity index (χ3v) is 2.72. The molecule has 0 heterocycles. The predicted molar refractivity (Wildman–Crippen MR) is 73.1 cm³/mol. The summed E-state index contributed by atoms with van der Waals surface area (Å²) in [6.45, 7) is 0.238. The van der Waals surface area contributed by atoms with Gasteiger partial charge in [-0.2, -0.15) is 0 Å². The number of carbonyl (C=O) groups is 1. The van der Waals surface area contributed by atoms with Crippen LogP contribution in [0.5, 0.6) is 5.75 Å². The second kappa shape index (κ2) is 5.91. The van der Waals surface area contributed by atoms with Crippen LogP contribution in [0.15, 0.2) is 54.6 Å². The number of amides is 1. The van der Waals surface area contributed by atoms with Crippen LogP contribution < -0.4 is 4.90 Å². The molecule has 2 aromatic rings. The standard InChI is InChI=1S/C15H15NO3/c1-16(13-7-9-14(17)10-8-13)15(18)19-11-12-5-3-2-4-6-12/h2-10,17H,11H2,1H3. The lowest BCUT2D eigenvalue weighted by Gasteiger charge is -2.17. The first kappa shape index (κ1) is 13.0. The normalized spacial score (nSPS) is 9.95. The Morgan fingerprint density at radius 3 is 2.37 bits per heavy atom. The summed E-state index contributed by atoms with van der Waals surface area (Å²) < 4.78 is 5.20. The first-order chi connectivity index (χ1) is 9.16. The van der Waals surface area contributed by atoms with Crippen LogP contribution in [0.1, 0.15) is 5.56 Å². The lowest BCUT2D eigenvalue weighted by Crippen LogP contribution is -2.26. The van der Waals surface area contributed by atoms with Crippen molar-refractivity contribution in [2.45, 2.75) is 6.61 Å². The highest BCUT2D eigenvalue weighted by atomic mass is 16.6. The second-order valence-corrected chi connectivity index (χ2v) is 4.12. The summed E-state index contributed by atoms with van der Waals surface area (Å²) in [5, 5.41) is 9.19. The maximum Gasteiger partial charge on any atom is 0.414 e. The number of phenols is 1. The molecule has 0 aromatic heterocycles. The van der Waals surface area contributed by atoms with Crippen molar-refractivity contribution in [2.75, 3.05) is 11.9 Å². The molecule has 0 unspecified atom stereocenters. The van der Waals surface area contributed by atoms with E-state index >= 15 is 0 Å². The molecule has 0 aliphatic carbocycles. The van der Waals surface area contributed by atoms with Crippen molar-refractivity contribution in [1.29, 1.82) is 0 Å². The molecule has 4 heteroatoms. The van der Waals surface area contributed by atoms with Gasteiger partial charge in [-0.1, -0.05) is 30.3 Å². The van der Waals surface area contributed by atoms with Crippen molar-refractivity contribution >= 4 is 11.8 Å². The highest BCUT2D eigenvalue weighted by Gasteiger charge is 2.12. The summed E-state index contributed by atoms with van der Waals surface area (Å²) in [6, 6.07) is 15.8. The Balaban J connectivity index is 1.94. The van der Waals surface area contributed by atoms with Crippen molar-refractivity contribution in [3.63, 3.8) is 0 Å². The lowest BCUT2D eigenvalue weighted by molar-refractivity contribution is 0.148. The Labute approximate surface area is 111 Å². The minimum atomic E-state index is -0.436. The van der Waals surface area contributed by atoms with Crippen LogP contribution in [0.2, 0.25) is 0 Å². The Morgan fingerprint density at radius 2 is 1.74 bits per heavy atom. The minimum Gasteiger partial charge on any atom is -0.508 e. The molecule has 1 N–H and O–H groups in total. The van der Waals surface area contributed by atoms with Crippen LogP contribution >= 0.6 is 0 Å². The minimum absolute atomic E-state index is 0.162. The number of hydrogen-bond donors (Lipinski definition) is 1. The third-order valence-electron chi connectivity index (χ3n) is 2.72. The molecule has 4 nitrogen and oxygen atoms in total. The molecule has 19 heavy (non-hydrogen) atoms. The lowest BCUT2D eigenvalue weighted by atomic mass is 10.2. The van der Waals surface area contributed by atoms with E-state index in [0.29, 0.717) is 5.69 Å². The summed E-state index contributed by atoms with van der Waals surface area (Å²) in [4.78, 5) is 13.2. The summed E-state index contributed by atoms with van der Waals surface area (Å²) in [6.07, 6.45) is -0.436. The van der Waals surface area contributed by atoms with Gasteiger partial charge in [0.25, 0.3) is 0 Å². The van der Waals surface area contributed by atoms with Gasteiger partial charge in [0.05, 0.1) is 0 Å². The van der Waals surface area contributed by atoms with Crippen molar-refractivity contribution < 1.29 is 14.6 Å². The number of ether oxygens (including phenoxy) is 1. The number of aromatic hydroxyl groups is 1. The van der Waals surface area contributed by atoms with Gasteiger partial charge in [-0.25, -0.2) is 4.79 Å². The average Bonchev–Trinajstić information content (AvgIpc) is 2.46. The van der Waals surface area contributed by atoms with Gasteiger partial charge >= 0.3 is 6.09 Å². The quantitative estimate of drug-likeness (QED) is 0.918. The van der Waals surface area contributed by atoms with Crippen molar-refractivity contribution in [1.82, 2.24) is 0 Å². The molecular weight excluding hydrogens is 242 g/mol. The maximum absolute atomic E-state index is 11.8. The van der Waals surface area contributed by atoms with E-state index in [0.717, 1.165) is 5.56 Å².